The maximum Gasteiger partial charge on any atom is 0.347 e. The lowest BCUT2D eigenvalue weighted by Crippen LogP contribution is -2.38. The van der Waals surface area contributed by atoms with Crippen LogP contribution in [0.2, 0.25) is 0 Å². The number of hydrogen-bond acceptors (Lipinski definition) is 2. The lowest BCUT2D eigenvalue weighted by atomic mass is 10.1. The van der Waals surface area contributed by atoms with E-state index in [1.165, 1.54) is 13.8 Å². The Bertz CT molecular complexity index is 425. The highest BCUT2D eigenvalue weighted by atomic mass is 79.9. The lowest BCUT2D eigenvalue weighted by Gasteiger charge is -2.23. The summed E-state index contributed by atoms with van der Waals surface area (Å²) in [5, 5.41) is 8.98. The Morgan fingerprint density at radius 2 is 1.88 bits per heavy atom. The summed E-state index contributed by atoms with van der Waals surface area (Å²) >= 11 is 3.42. The highest BCUT2D eigenvalue weighted by molar-refractivity contribution is 9.10. The van der Waals surface area contributed by atoms with E-state index in [0.29, 0.717) is 5.75 Å². The van der Waals surface area contributed by atoms with Crippen LogP contribution < -0.4 is 4.74 Å². The summed E-state index contributed by atoms with van der Waals surface area (Å²) in [4.78, 5) is 11.0. The minimum absolute atomic E-state index is 0.605. The number of halogens is 1. The average molecular weight is 287 g/mol. The number of carbonyl (C=O) groups is 1. The van der Waals surface area contributed by atoms with Crippen molar-refractivity contribution in [2.24, 2.45) is 0 Å². The van der Waals surface area contributed by atoms with Gasteiger partial charge in [-0.05, 0) is 51.0 Å². The van der Waals surface area contributed by atoms with Crippen LogP contribution in [0.5, 0.6) is 5.75 Å². The number of benzene rings is 1. The predicted molar refractivity (Wildman–Crippen MR) is 66.0 cm³/mol. The van der Waals surface area contributed by atoms with Crippen molar-refractivity contribution in [1.29, 1.82) is 0 Å². The molecular weight excluding hydrogens is 272 g/mol. The summed E-state index contributed by atoms with van der Waals surface area (Å²) in [6.07, 6.45) is 0. The summed E-state index contributed by atoms with van der Waals surface area (Å²) in [6.45, 7) is 6.94. The fourth-order valence-electron chi connectivity index (χ4n) is 1.19. The first kappa shape index (κ1) is 13.0. The Hall–Kier alpha value is -1.03. The van der Waals surface area contributed by atoms with E-state index in [4.69, 9.17) is 9.84 Å². The van der Waals surface area contributed by atoms with Crippen LogP contribution in [0.4, 0.5) is 0 Å². The van der Waals surface area contributed by atoms with Crippen LogP contribution in [0.1, 0.15) is 25.0 Å². The Morgan fingerprint density at radius 3 is 2.38 bits per heavy atom. The molecule has 0 saturated carbocycles. The van der Waals surface area contributed by atoms with E-state index >= 15 is 0 Å². The molecule has 16 heavy (non-hydrogen) atoms. The van der Waals surface area contributed by atoms with Crippen LogP contribution in [-0.4, -0.2) is 16.7 Å². The first-order valence-corrected chi connectivity index (χ1v) is 5.73. The van der Waals surface area contributed by atoms with Gasteiger partial charge >= 0.3 is 5.97 Å². The quantitative estimate of drug-likeness (QED) is 0.927. The SMILES string of the molecule is Cc1c(Br)ccc(OC(C)(C)C(=O)O)c1C. The van der Waals surface area contributed by atoms with Gasteiger partial charge in [0.1, 0.15) is 5.75 Å². The van der Waals surface area contributed by atoms with Gasteiger partial charge in [0.25, 0.3) is 0 Å². The molecule has 0 bridgehead atoms. The molecule has 0 fully saturated rings. The van der Waals surface area contributed by atoms with Crippen molar-refractivity contribution in [1.82, 2.24) is 0 Å². The van der Waals surface area contributed by atoms with Crippen LogP contribution in [0.3, 0.4) is 0 Å². The minimum atomic E-state index is -1.22. The van der Waals surface area contributed by atoms with Gasteiger partial charge in [-0.15, -0.1) is 0 Å². The predicted octanol–water partition coefficient (Wildman–Crippen LogP) is 3.31. The highest BCUT2D eigenvalue weighted by Gasteiger charge is 2.30. The number of carboxylic acids is 1. The molecular formula is C12H15BrO3. The molecule has 0 atom stereocenters. The van der Waals surface area contributed by atoms with Crippen molar-refractivity contribution in [3.05, 3.63) is 27.7 Å². The Kier molecular flexibility index (Phi) is 3.63. The number of aliphatic carboxylic acids is 1. The number of rotatable bonds is 3. The first-order chi connectivity index (χ1) is 7.25. The number of ether oxygens (including phenoxy) is 1. The fraction of sp³-hybridized carbons (Fsp3) is 0.417. The second-order valence-corrected chi connectivity index (χ2v) is 5.07. The van der Waals surface area contributed by atoms with Crippen molar-refractivity contribution in [3.63, 3.8) is 0 Å². The molecule has 88 valence electrons. The second-order valence-electron chi connectivity index (χ2n) is 4.21. The summed E-state index contributed by atoms with van der Waals surface area (Å²) in [5.41, 5.74) is 0.785. The third-order valence-electron chi connectivity index (χ3n) is 2.55. The molecule has 1 aromatic rings. The molecule has 0 aliphatic carbocycles. The third kappa shape index (κ3) is 2.55. The molecule has 4 heteroatoms. The van der Waals surface area contributed by atoms with Crippen molar-refractivity contribution in [3.8, 4) is 5.75 Å². The topological polar surface area (TPSA) is 46.5 Å². The van der Waals surface area contributed by atoms with Gasteiger partial charge < -0.3 is 9.84 Å². The summed E-state index contributed by atoms with van der Waals surface area (Å²) in [6, 6.07) is 3.63. The van der Waals surface area contributed by atoms with Crippen molar-refractivity contribution in [2.75, 3.05) is 0 Å². The molecule has 0 amide bonds. The van der Waals surface area contributed by atoms with E-state index in [1.54, 1.807) is 6.07 Å². The maximum absolute atomic E-state index is 11.0. The molecule has 3 nitrogen and oxygen atoms in total. The summed E-state index contributed by atoms with van der Waals surface area (Å²) < 4.78 is 6.50. The fourth-order valence-corrected chi connectivity index (χ4v) is 1.62. The maximum atomic E-state index is 11.0. The Morgan fingerprint density at radius 1 is 1.31 bits per heavy atom. The first-order valence-electron chi connectivity index (χ1n) is 4.94. The standard InChI is InChI=1S/C12H15BrO3/c1-7-8(2)10(6-5-9(7)13)16-12(3,4)11(14)15/h5-6H,1-4H3,(H,14,15). The van der Waals surface area contributed by atoms with E-state index in [2.05, 4.69) is 15.9 Å². The molecule has 0 spiro atoms. The van der Waals surface area contributed by atoms with Gasteiger partial charge in [-0.2, -0.15) is 0 Å². The monoisotopic (exact) mass is 286 g/mol. The van der Waals surface area contributed by atoms with Crippen LogP contribution in [0.25, 0.3) is 0 Å². The zero-order chi connectivity index (χ0) is 12.5. The van der Waals surface area contributed by atoms with Gasteiger partial charge in [0.05, 0.1) is 0 Å². The summed E-state index contributed by atoms with van der Waals surface area (Å²) in [7, 11) is 0. The van der Waals surface area contributed by atoms with E-state index < -0.39 is 11.6 Å². The zero-order valence-corrected chi connectivity index (χ0v) is 11.4. The largest absolute Gasteiger partial charge is 0.478 e. The average Bonchev–Trinajstić information content (AvgIpc) is 2.19. The number of hydrogen-bond donors (Lipinski definition) is 1. The smallest absolute Gasteiger partial charge is 0.347 e. The molecule has 0 aliphatic rings. The third-order valence-corrected chi connectivity index (χ3v) is 3.41. The van der Waals surface area contributed by atoms with Crippen LogP contribution in [0, 0.1) is 13.8 Å². The van der Waals surface area contributed by atoms with Gasteiger partial charge in [-0.1, -0.05) is 15.9 Å². The minimum Gasteiger partial charge on any atom is -0.478 e. The van der Waals surface area contributed by atoms with Crippen molar-refractivity contribution >= 4 is 21.9 Å². The molecule has 0 aromatic heterocycles. The Labute approximate surface area is 104 Å². The molecule has 0 radical (unpaired) electrons. The van der Waals surface area contributed by atoms with Gasteiger partial charge in [-0.3, -0.25) is 0 Å². The zero-order valence-electron chi connectivity index (χ0n) is 9.80. The molecule has 0 saturated heterocycles. The van der Waals surface area contributed by atoms with Crippen LogP contribution in [-0.2, 0) is 4.79 Å². The van der Waals surface area contributed by atoms with Crippen molar-refractivity contribution < 1.29 is 14.6 Å². The summed E-state index contributed by atoms with van der Waals surface area (Å²) in [5.74, 6) is -0.374. The van der Waals surface area contributed by atoms with Crippen LogP contribution >= 0.6 is 15.9 Å². The van der Waals surface area contributed by atoms with Gasteiger partial charge in [0.2, 0.25) is 0 Å². The molecule has 0 unspecified atom stereocenters. The van der Waals surface area contributed by atoms with Gasteiger partial charge in [-0.25, -0.2) is 4.79 Å². The second kappa shape index (κ2) is 4.45. The molecule has 1 N–H and O–H groups in total. The lowest BCUT2D eigenvalue weighted by molar-refractivity contribution is -0.152. The molecule has 1 aromatic carbocycles. The molecule has 0 aliphatic heterocycles. The van der Waals surface area contributed by atoms with E-state index in [-0.39, 0.29) is 0 Å². The van der Waals surface area contributed by atoms with Crippen molar-refractivity contribution in [2.45, 2.75) is 33.3 Å². The normalized spacial score (nSPS) is 11.3. The highest BCUT2D eigenvalue weighted by Crippen LogP contribution is 2.30. The number of carboxylic acid groups (broad SMARTS) is 1. The Balaban J connectivity index is 3.08. The van der Waals surface area contributed by atoms with E-state index in [9.17, 15) is 4.79 Å². The van der Waals surface area contributed by atoms with Gasteiger partial charge in [0, 0.05) is 4.47 Å². The van der Waals surface area contributed by atoms with Crippen LogP contribution in [0.15, 0.2) is 16.6 Å². The van der Waals surface area contributed by atoms with E-state index in [0.717, 1.165) is 15.6 Å². The molecule has 1 rings (SSSR count). The van der Waals surface area contributed by atoms with Gasteiger partial charge in [0.15, 0.2) is 5.60 Å². The van der Waals surface area contributed by atoms with E-state index in [1.807, 2.05) is 19.9 Å². The molecule has 0 heterocycles.